The first-order chi connectivity index (χ1) is 7.83. The molecule has 2 heterocycles. The quantitative estimate of drug-likeness (QED) is 0.821. The van der Waals surface area contributed by atoms with Crippen molar-refractivity contribution in [3.8, 4) is 11.9 Å². The van der Waals surface area contributed by atoms with E-state index in [1.807, 2.05) is 0 Å². The Morgan fingerprint density at radius 2 is 2.06 bits per heavy atom. The smallest absolute Gasteiger partial charge is 0.320 e. The van der Waals surface area contributed by atoms with Gasteiger partial charge >= 0.3 is 6.01 Å². The number of hydrogen-bond donors (Lipinski definition) is 0. The molecule has 4 nitrogen and oxygen atoms in total. The highest BCUT2D eigenvalue weighted by Crippen LogP contribution is 2.46. The second-order valence-corrected chi connectivity index (χ2v) is 4.74. The zero-order valence-electron chi connectivity index (χ0n) is 9.19. The zero-order chi connectivity index (χ0) is 11.1. The summed E-state index contributed by atoms with van der Waals surface area (Å²) in [6.45, 7) is 0. The number of ether oxygens (including phenoxy) is 2. The average molecular weight is 236 g/mol. The molecule has 84 valence electrons. The number of rotatable bonds is 3. The summed E-state index contributed by atoms with van der Waals surface area (Å²) in [4.78, 5) is 8.61. The molecule has 0 saturated heterocycles. The third-order valence-corrected chi connectivity index (χ3v) is 3.76. The largest absolute Gasteiger partial charge is 0.480 e. The van der Waals surface area contributed by atoms with E-state index in [9.17, 15) is 0 Å². The highest BCUT2D eigenvalue weighted by molar-refractivity contribution is 7.17. The second-order valence-electron chi connectivity index (χ2n) is 3.86. The van der Waals surface area contributed by atoms with E-state index in [0.29, 0.717) is 17.8 Å². The summed E-state index contributed by atoms with van der Waals surface area (Å²) in [5.41, 5.74) is 2.32. The molecule has 1 fully saturated rings. The molecule has 0 aliphatic heterocycles. The van der Waals surface area contributed by atoms with Gasteiger partial charge in [-0.1, -0.05) is 0 Å². The zero-order valence-corrected chi connectivity index (χ0v) is 10.0. The van der Waals surface area contributed by atoms with Gasteiger partial charge in [-0.2, -0.15) is 9.97 Å². The van der Waals surface area contributed by atoms with Gasteiger partial charge in [-0.3, -0.25) is 0 Å². The standard InChI is InChI=1S/C11H12N2O2S/c1-14-10-9-8(12-11(13-10)15-2)7(5-16-9)6-3-4-6/h5-6H,3-4H2,1-2H3. The molecule has 0 bridgehead atoms. The Morgan fingerprint density at radius 3 is 2.69 bits per heavy atom. The van der Waals surface area contributed by atoms with E-state index in [0.717, 1.165) is 10.2 Å². The van der Waals surface area contributed by atoms with Crippen LogP contribution in [0.4, 0.5) is 0 Å². The lowest BCUT2D eigenvalue weighted by molar-refractivity contribution is 0.357. The summed E-state index contributed by atoms with van der Waals surface area (Å²) in [5, 5.41) is 2.17. The Kier molecular flexibility index (Phi) is 2.21. The molecule has 1 aliphatic carbocycles. The van der Waals surface area contributed by atoms with Crippen molar-refractivity contribution < 1.29 is 9.47 Å². The van der Waals surface area contributed by atoms with Crippen molar-refractivity contribution >= 4 is 21.6 Å². The first kappa shape index (κ1) is 9.84. The molecule has 2 aromatic heterocycles. The van der Waals surface area contributed by atoms with E-state index in [1.54, 1.807) is 25.6 Å². The Hall–Kier alpha value is -1.36. The van der Waals surface area contributed by atoms with E-state index in [2.05, 4.69) is 15.3 Å². The summed E-state index contributed by atoms with van der Waals surface area (Å²) in [5.74, 6) is 1.29. The van der Waals surface area contributed by atoms with Crippen molar-refractivity contribution in [3.05, 3.63) is 10.9 Å². The molecule has 0 atom stereocenters. The molecule has 5 heteroatoms. The Balaban J connectivity index is 2.24. The van der Waals surface area contributed by atoms with Crippen molar-refractivity contribution in [2.24, 2.45) is 0 Å². The monoisotopic (exact) mass is 236 g/mol. The SMILES string of the molecule is COc1nc(OC)c2scc(C3CC3)c2n1. The van der Waals surface area contributed by atoms with Crippen LogP contribution in [0.2, 0.25) is 0 Å². The van der Waals surface area contributed by atoms with Crippen molar-refractivity contribution in [1.29, 1.82) is 0 Å². The van der Waals surface area contributed by atoms with Gasteiger partial charge in [-0.25, -0.2) is 0 Å². The molecular weight excluding hydrogens is 224 g/mol. The van der Waals surface area contributed by atoms with Crippen LogP contribution >= 0.6 is 11.3 Å². The average Bonchev–Trinajstić information content (AvgIpc) is 3.08. The third kappa shape index (κ3) is 1.43. The summed E-state index contributed by atoms with van der Waals surface area (Å²) in [6, 6.07) is 0.379. The van der Waals surface area contributed by atoms with Crippen LogP contribution in [0.25, 0.3) is 10.2 Å². The van der Waals surface area contributed by atoms with Crippen molar-refractivity contribution in [2.75, 3.05) is 14.2 Å². The van der Waals surface area contributed by atoms with Crippen molar-refractivity contribution in [1.82, 2.24) is 9.97 Å². The highest BCUT2D eigenvalue weighted by Gasteiger charge is 2.28. The molecule has 0 spiro atoms. The third-order valence-electron chi connectivity index (χ3n) is 2.78. The van der Waals surface area contributed by atoms with Crippen LogP contribution in [0.15, 0.2) is 5.38 Å². The van der Waals surface area contributed by atoms with Gasteiger partial charge in [0.05, 0.1) is 19.7 Å². The lowest BCUT2D eigenvalue weighted by Crippen LogP contribution is -1.96. The van der Waals surface area contributed by atoms with Crippen molar-refractivity contribution in [2.45, 2.75) is 18.8 Å². The van der Waals surface area contributed by atoms with Gasteiger partial charge in [0.25, 0.3) is 0 Å². The van der Waals surface area contributed by atoms with Crippen LogP contribution in [0, 0.1) is 0 Å². The molecule has 1 saturated carbocycles. The first-order valence-electron chi connectivity index (χ1n) is 5.20. The van der Waals surface area contributed by atoms with Crippen LogP contribution in [0.5, 0.6) is 11.9 Å². The fraction of sp³-hybridized carbons (Fsp3) is 0.455. The maximum atomic E-state index is 5.26. The predicted octanol–water partition coefficient (Wildman–Crippen LogP) is 2.59. The van der Waals surface area contributed by atoms with E-state index < -0.39 is 0 Å². The first-order valence-corrected chi connectivity index (χ1v) is 6.08. The molecule has 2 aromatic rings. The van der Waals surface area contributed by atoms with Gasteiger partial charge in [0.1, 0.15) is 4.70 Å². The molecule has 0 unspecified atom stereocenters. The molecule has 3 rings (SSSR count). The number of nitrogens with zero attached hydrogens (tertiary/aromatic N) is 2. The highest BCUT2D eigenvalue weighted by atomic mass is 32.1. The van der Waals surface area contributed by atoms with Gasteiger partial charge in [0.2, 0.25) is 5.88 Å². The summed E-state index contributed by atoms with van der Waals surface area (Å²) >= 11 is 1.65. The molecule has 1 aliphatic rings. The second kappa shape index (κ2) is 3.59. The molecular formula is C11H12N2O2S. The van der Waals surface area contributed by atoms with Gasteiger partial charge in [0.15, 0.2) is 0 Å². The Bertz CT molecular complexity index is 534. The van der Waals surface area contributed by atoms with Gasteiger partial charge in [0, 0.05) is 0 Å². The summed E-state index contributed by atoms with van der Waals surface area (Å²) in [7, 11) is 3.20. The predicted molar refractivity (Wildman–Crippen MR) is 62.5 cm³/mol. The van der Waals surface area contributed by atoms with Gasteiger partial charge < -0.3 is 9.47 Å². The van der Waals surface area contributed by atoms with E-state index in [1.165, 1.54) is 18.4 Å². The van der Waals surface area contributed by atoms with E-state index in [-0.39, 0.29) is 0 Å². The van der Waals surface area contributed by atoms with Crippen LogP contribution in [0.3, 0.4) is 0 Å². The summed E-state index contributed by atoms with van der Waals surface area (Å²) in [6.07, 6.45) is 2.53. The minimum absolute atomic E-state index is 0.379. The number of hydrogen-bond acceptors (Lipinski definition) is 5. The fourth-order valence-corrected chi connectivity index (χ4v) is 2.86. The molecule has 0 aromatic carbocycles. The van der Waals surface area contributed by atoms with E-state index >= 15 is 0 Å². The van der Waals surface area contributed by atoms with Crippen LogP contribution < -0.4 is 9.47 Å². The fourth-order valence-electron chi connectivity index (χ4n) is 1.80. The lowest BCUT2D eigenvalue weighted by atomic mass is 10.2. The van der Waals surface area contributed by atoms with Gasteiger partial charge in [-0.15, -0.1) is 11.3 Å². The molecule has 16 heavy (non-hydrogen) atoms. The van der Waals surface area contributed by atoms with E-state index in [4.69, 9.17) is 9.47 Å². The molecule has 0 amide bonds. The Morgan fingerprint density at radius 1 is 1.25 bits per heavy atom. The number of methoxy groups -OCH3 is 2. The number of thiophene rings is 1. The molecule has 0 radical (unpaired) electrons. The maximum absolute atomic E-state index is 5.26. The summed E-state index contributed by atoms with van der Waals surface area (Å²) < 4.78 is 11.4. The van der Waals surface area contributed by atoms with Gasteiger partial charge in [-0.05, 0) is 29.7 Å². The van der Waals surface area contributed by atoms with Crippen LogP contribution in [-0.4, -0.2) is 24.2 Å². The number of fused-ring (bicyclic) bond motifs is 1. The molecule has 0 N–H and O–H groups in total. The van der Waals surface area contributed by atoms with Crippen LogP contribution in [-0.2, 0) is 0 Å². The Labute approximate surface area is 97.2 Å². The number of aromatic nitrogens is 2. The topological polar surface area (TPSA) is 44.2 Å². The minimum atomic E-state index is 0.379. The van der Waals surface area contributed by atoms with Crippen LogP contribution in [0.1, 0.15) is 24.3 Å². The lowest BCUT2D eigenvalue weighted by Gasteiger charge is -2.03. The minimum Gasteiger partial charge on any atom is -0.480 e. The normalized spacial score (nSPS) is 15.4. The van der Waals surface area contributed by atoms with Crippen molar-refractivity contribution in [3.63, 3.8) is 0 Å². The maximum Gasteiger partial charge on any atom is 0.320 e.